The first-order valence-electron chi connectivity index (χ1n) is 5.63. The van der Waals surface area contributed by atoms with Gasteiger partial charge in [-0.25, -0.2) is 9.78 Å². The Bertz CT molecular complexity index is 509. The number of carboxylic acids is 1. The molecule has 0 aliphatic rings. The Morgan fingerprint density at radius 3 is 2.67 bits per heavy atom. The van der Waals surface area contributed by atoms with Gasteiger partial charge in [0.15, 0.2) is 18.1 Å². The van der Waals surface area contributed by atoms with Crippen molar-refractivity contribution in [3.05, 3.63) is 23.5 Å². The van der Waals surface area contributed by atoms with E-state index in [2.05, 4.69) is 36.1 Å². The highest BCUT2D eigenvalue weighted by molar-refractivity contribution is 6.83. The largest absolute Gasteiger partial charge is 0.479 e. The number of pyridine rings is 1. The zero-order chi connectivity index (χ0) is 13.8. The molecule has 0 atom stereocenters. The van der Waals surface area contributed by atoms with Crippen molar-refractivity contribution in [1.82, 2.24) is 4.98 Å². The predicted octanol–water partition coefficient (Wildman–Crippen LogP) is 2.08. The molecule has 0 radical (unpaired) electrons. The fourth-order valence-corrected chi connectivity index (χ4v) is 1.63. The molecule has 1 aromatic heterocycles. The van der Waals surface area contributed by atoms with Gasteiger partial charge in [-0.2, -0.15) is 0 Å². The van der Waals surface area contributed by atoms with Crippen LogP contribution >= 0.6 is 0 Å². The molecule has 0 amide bonds. The van der Waals surface area contributed by atoms with E-state index >= 15 is 0 Å². The molecular formula is C13H17NO3Si. The number of hydrogen-bond acceptors (Lipinski definition) is 3. The maximum Gasteiger partial charge on any atom is 0.341 e. The minimum atomic E-state index is -1.50. The van der Waals surface area contributed by atoms with Gasteiger partial charge in [-0.15, -0.1) is 5.54 Å². The van der Waals surface area contributed by atoms with Crippen molar-refractivity contribution >= 4 is 14.0 Å². The molecule has 18 heavy (non-hydrogen) atoms. The van der Waals surface area contributed by atoms with E-state index in [-0.39, 0.29) is 6.61 Å². The fraction of sp³-hybridized carbons (Fsp3) is 0.385. The standard InChI is InChI=1S/C13H17NO3Si/c1-10-5-6-12(17-9-13(15)16)11(14-10)7-8-18(2,3)4/h5-6H,9H2,1-4H3,(H,15,16). The Balaban J connectivity index is 3.03. The second-order valence-electron chi connectivity index (χ2n) is 4.98. The monoisotopic (exact) mass is 263 g/mol. The lowest BCUT2D eigenvalue weighted by Gasteiger charge is -2.07. The molecule has 0 aliphatic carbocycles. The summed E-state index contributed by atoms with van der Waals surface area (Å²) < 4.78 is 5.17. The van der Waals surface area contributed by atoms with E-state index in [0.29, 0.717) is 11.4 Å². The van der Waals surface area contributed by atoms with Crippen LogP contribution in [0.2, 0.25) is 19.6 Å². The number of carbonyl (C=O) groups is 1. The number of aryl methyl sites for hydroxylation is 1. The van der Waals surface area contributed by atoms with E-state index in [0.717, 1.165) is 5.69 Å². The van der Waals surface area contributed by atoms with E-state index in [9.17, 15) is 4.79 Å². The lowest BCUT2D eigenvalue weighted by Crippen LogP contribution is -2.16. The smallest absolute Gasteiger partial charge is 0.341 e. The van der Waals surface area contributed by atoms with Crippen molar-refractivity contribution < 1.29 is 14.6 Å². The normalized spacial score (nSPS) is 10.4. The van der Waals surface area contributed by atoms with Gasteiger partial charge in [-0.05, 0) is 19.1 Å². The number of aromatic nitrogens is 1. The molecule has 96 valence electrons. The summed E-state index contributed by atoms with van der Waals surface area (Å²) in [6.45, 7) is 7.88. The first-order chi connectivity index (χ1) is 8.28. The van der Waals surface area contributed by atoms with Crippen LogP contribution in [-0.2, 0) is 4.79 Å². The minimum Gasteiger partial charge on any atom is -0.479 e. The second kappa shape index (κ2) is 5.69. The van der Waals surface area contributed by atoms with Gasteiger partial charge in [0.1, 0.15) is 8.07 Å². The van der Waals surface area contributed by atoms with Crippen molar-refractivity contribution in [2.45, 2.75) is 26.6 Å². The SMILES string of the molecule is Cc1ccc(OCC(=O)O)c(C#C[Si](C)(C)C)n1. The fourth-order valence-electron chi connectivity index (χ4n) is 1.14. The van der Waals surface area contributed by atoms with Crippen molar-refractivity contribution in [1.29, 1.82) is 0 Å². The zero-order valence-corrected chi connectivity index (χ0v) is 12.1. The van der Waals surface area contributed by atoms with Crippen LogP contribution in [0.15, 0.2) is 12.1 Å². The van der Waals surface area contributed by atoms with Crippen LogP contribution in [0.4, 0.5) is 0 Å². The van der Waals surface area contributed by atoms with Crippen LogP contribution in [0.1, 0.15) is 11.4 Å². The van der Waals surface area contributed by atoms with Crippen LogP contribution in [0.25, 0.3) is 0 Å². The van der Waals surface area contributed by atoms with Crippen LogP contribution in [-0.4, -0.2) is 30.7 Å². The summed E-state index contributed by atoms with van der Waals surface area (Å²) in [5, 5.41) is 8.60. The van der Waals surface area contributed by atoms with Gasteiger partial charge in [0.2, 0.25) is 0 Å². The number of rotatable bonds is 3. The van der Waals surface area contributed by atoms with E-state index in [1.54, 1.807) is 12.1 Å². The molecular weight excluding hydrogens is 246 g/mol. The summed E-state index contributed by atoms with van der Waals surface area (Å²) in [4.78, 5) is 14.8. The molecule has 1 rings (SSSR count). The molecule has 5 heteroatoms. The molecule has 1 N–H and O–H groups in total. The van der Waals surface area contributed by atoms with Gasteiger partial charge in [-0.3, -0.25) is 0 Å². The van der Waals surface area contributed by atoms with Crippen LogP contribution in [0.5, 0.6) is 5.75 Å². The van der Waals surface area contributed by atoms with E-state index < -0.39 is 14.0 Å². The van der Waals surface area contributed by atoms with Crippen molar-refractivity contribution in [3.63, 3.8) is 0 Å². The Labute approximate surface area is 108 Å². The van der Waals surface area contributed by atoms with Crippen LogP contribution in [0, 0.1) is 18.4 Å². The predicted molar refractivity (Wildman–Crippen MR) is 72.3 cm³/mol. The first-order valence-corrected chi connectivity index (χ1v) is 9.13. The molecule has 1 heterocycles. The summed E-state index contributed by atoms with van der Waals surface area (Å²) >= 11 is 0. The summed E-state index contributed by atoms with van der Waals surface area (Å²) in [5.74, 6) is 2.41. The number of ether oxygens (including phenoxy) is 1. The number of aliphatic carboxylic acids is 1. The van der Waals surface area contributed by atoms with Crippen LogP contribution in [0.3, 0.4) is 0 Å². The molecule has 0 bridgehead atoms. The average molecular weight is 263 g/mol. The zero-order valence-electron chi connectivity index (χ0n) is 11.1. The molecule has 0 aliphatic heterocycles. The molecule has 4 nitrogen and oxygen atoms in total. The topological polar surface area (TPSA) is 59.4 Å². The lowest BCUT2D eigenvalue weighted by atomic mass is 10.3. The quantitative estimate of drug-likeness (QED) is 0.670. The van der Waals surface area contributed by atoms with Gasteiger partial charge < -0.3 is 9.84 Å². The molecule has 0 unspecified atom stereocenters. The molecule has 0 saturated heterocycles. The van der Waals surface area contributed by atoms with Crippen LogP contribution < -0.4 is 4.74 Å². The Hall–Kier alpha value is -1.80. The highest BCUT2D eigenvalue weighted by Gasteiger charge is 2.10. The number of nitrogens with zero attached hydrogens (tertiary/aromatic N) is 1. The third-order valence-electron chi connectivity index (χ3n) is 1.90. The van der Waals surface area contributed by atoms with Gasteiger partial charge in [0, 0.05) is 5.69 Å². The average Bonchev–Trinajstić information content (AvgIpc) is 2.23. The minimum absolute atomic E-state index is 0.383. The van der Waals surface area contributed by atoms with Crippen molar-refractivity contribution in [2.75, 3.05) is 6.61 Å². The summed E-state index contributed by atoms with van der Waals surface area (Å²) in [7, 11) is -1.50. The molecule has 0 saturated carbocycles. The highest BCUT2D eigenvalue weighted by Crippen LogP contribution is 2.16. The van der Waals surface area contributed by atoms with E-state index in [4.69, 9.17) is 9.84 Å². The Kier molecular flexibility index (Phi) is 4.51. The second-order valence-corrected chi connectivity index (χ2v) is 9.73. The molecule has 0 aromatic carbocycles. The van der Waals surface area contributed by atoms with Gasteiger partial charge >= 0.3 is 5.97 Å². The third kappa shape index (κ3) is 5.02. The van der Waals surface area contributed by atoms with Gasteiger partial charge in [-0.1, -0.05) is 25.6 Å². The van der Waals surface area contributed by atoms with Crippen molar-refractivity contribution in [3.8, 4) is 17.2 Å². The highest BCUT2D eigenvalue weighted by atomic mass is 28.3. The van der Waals surface area contributed by atoms with E-state index in [1.807, 2.05) is 6.92 Å². The van der Waals surface area contributed by atoms with Gasteiger partial charge in [0.25, 0.3) is 0 Å². The number of carboxylic acid groups (broad SMARTS) is 1. The maximum atomic E-state index is 10.5. The van der Waals surface area contributed by atoms with Crippen molar-refractivity contribution in [2.24, 2.45) is 0 Å². The first kappa shape index (κ1) is 14.3. The molecule has 0 fully saturated rings. The summed E-state index contributed by atoms with van der Waals surface area (Å²) in [5.41, 5.74) is 4.54. The summed E-state index contributed by atoms with van der Waals surface area (Å²) in [6.07, 6.45) is 0. The summed E-state index contributed by atoms with van der Waals surface area (Å²) in [6, 6.07) is 3.48. The van der Waals surface area contributed by atoms with E-state index in [1.165, 1.54) is 0 Å². The Morgan fingerprint density at radius 1 is 1.44 bits per heavy atom. The molecule has 1 aromatic rings. The number of hydrogen-bond donors (Lipinski definition) is 1. The third-order valence-corrected chi connectivity index (χ3v) is 2.78. The van der Waals surface area contributed by atoms with Gasteiger partial charge in [0.05, 0.1) is 0 Å². The molecule has 0 spiro atoms. The maximum absolute atomic E-state index is 10.5. The Morgan fingerprint density at radius 2 is 2.11 bits per heavy atom. The lowest BCUT2D eigenvalue weighted by molar-refractivity contribution is -0.139.